The number of carbonyl (C=O) groups is 1. The van der Waals surface area contributed by atoms with Crippen molar-refractivity contribution in [2.45, 2.75) is 32.6 Å². The first kappa shape index (κ1) is 9.56. The molecule has 12 heavy (non-hydrogen) atoms. The molecule has 1 saturated carbocycles. The van der Waals surface area contributed by atoms with Crippen LogP contribution in [0.4, 0.5) is 0 Å². The van der Waals surface area contributed by atoms with Crippen LogP contribution < -0.4 is 0 Å². The molecule has 0 aromatic rings. The Kier molecular flexibility index (Phi) is 3.57. The van der Waals surface area contributed by atoms with Gasteiger partial charge < -0.3 is 4.74 Å². The lowest BCUT2D eigenvalue weighted by Crippen LogP contribution is -2.19. The van der Waals surface area contributed by atoms with Gasteiger partial charge in [0, 0.05) is 6.92 Å². The van der Waals surface area contributed by atoms with Crippen molar-refractivity contribution in [3.63, 3.8) is 0 Å². The van der Waals surface area contributed by atoms with Gasteiger partial charge in [-0.25, -0.2) is 0 Å². The molecule has 2 unspecified atom stereocenters. The molecule has 2 nitrogen and oxygen atoms in total. The second-order valence-electron chi connectivity index (χ2n) is 3.70. The zero-order valence-electron chi connectivity index (χ0n) is 7.71. The lowest BCUT2D eigenvalue weighted by atomic mass is 9.83. The van der Waals surface area contributed by atoms with E-state index in [1.54, 1.807) is 0 Å². The number of rotatable bonds is 2. The van der Waals surface area contributed by atoms with Crippen molar-refractivity contribution in [3.05, 3.63) is 6.92 Å². The molecule has 0 N–H and O–H groups in total. The van der Waals surface area contributed by atoms with E-state index >= 15 is 0 Å². The molecule has 2 heteroatoms. The molecule has 1 radical (unpaired) electrons. The molecular weight excluding hydrogens is 152 g/mol. The fraction of sp³-hybridized carbons (Fsp3) is 0.800. The minimum atomic E-state index is -0.166. The molecule has 0 aliphatic heterocycles. The van der Waals surface area contributed by atoms with Gasteiger partial charge in [-0.3, -0.25) is 4.79 Å². The summed E-state index contributed by atoms with van der Waals surface area (Å²) in [5, 5.41) is 0. The molecule has 0 amide bonds. The Morgan fingerprint density at radius 1 is 1.58 bits per heavy atom. The summed E-state index contributed by atoms with van der Waals surface area (Å²) in [6, 6.07) is 0. The zero-order chi connectivity index (χ0) is 8.97. The predicted octanol–water partition coefficient (Wildman–Crippen LogP) is 2.19. The van der Waals surface area contributed by atoms with Gasteiger partial charge in [0.05, 0.1) is 6.61 Å². The summed E-state index contributed by atoms with van der Waals surface area (Å²) >= 11 is 0. The van der Waals surface area contributed by atoms with Crippen molar-refractivity contribution in [1.82, 2.24) is 0 Å². The molecule has 1 aliphatic rings. The Labute approximate surface area is 74.3 Å². The highest BCUT2D eigenvalue weighted by Gasteiger charge is 2.19. The Bertz CT molecular complexity index is 154. The monoisotopic (exact) mass is 169 g/mol. The fourth-order valence-electron chi connectivity index (χ4n) is 1.79. The minimum absolute atomic E-state index is 0.166. The maximum Gasteiger partial charge on any atom is 0.302 e. The molecule has 0 bridgehead atoms. The minimum Gasteiger partial charge on any atom is -0.466 e. The summed E-state index contributed by atoms with van der Waals surface area (Å²) in [5.74, 6) is 0.964. The number of hydrogen-bond donors (Lipinski definition) is 0. The third-order valence-electron chi connectivity index (χ3n) is 2.41. The van der Waals surface area contributed by atoms with Crippen LogP contribution in [0.25, 0.3) is 0 Å². The van der Waals surface area contributed by atoms with E-state index in [4.69, 9.17) is 4.74 Å². The van der Waals surface area contributed by atoms with Crippen molar-refractivity contribution in [2.24, 2.45) is 11.8 Å². The van der Waals surface area contributed by atoms with E-state index in [0.29, 0.717) is 18.4 Å². The number of carbonyl (C=O) groups excluding carboxylic acids is 1. The van der Waals surface area contributed by atoms with Crippen LogP contribution in [-0.2, 0) is 9.53 Å². The zero-order valence-corrected chi connectivity index (χ0v) is 7.71. The van der Waals surface area contributed by atoms with Crippen LogP contribution in [0.2, 0.25) is 0 Å². The van der Waals surface area contributed by atoms with E-state index in [1.165, 1.54) is 26.2 Å². The molecule has 1 aliphatic carbocycles. The van der Waals surface area contributed by atoms with Gasteiger partial charge >= 0.3 is 5.97 Å². The third kappa shape index (κ3) is 3.24. The molecule has 69 valence electrons. The van der Waals surface area contributed by atoms with Gasteiger partial charge in [-0.2, -0.15) is 0 Å². The SMILES string of the molecule is [CH2]C1CCCC(COC(C)=O)C1. The Balaban J connectivity index is 2.18. The Morgan fingerprint density at radius 2 is 2.33 bits per heavy atom. The van der Waals surface area contributed by atoms with E-state index < -0.39 is 0 Å². The van der Waals surface area contributed by atoms with E-state index in [9.17, 15) is 4.79 Å². The first-order valence-corrected chi connectivity index (χ1v) is 4.65. The Morgan fingerprint density at radius 3 is 2.92 bits per heavy atom. The molecule has 0 heterocycles. The summed E-state index contributed by atoms with van der Waals surface area (Å²) in [5.41, 5.74) is 0. The normalized spacial score (nSPS) is 29.8. The highest BCUT2D eigenvalue weighted by atomic mass is 16.5. The van der Waals surface area contributed by atoms with Crippen LogP contribution in [0.15, 0.2) is 0 Å². The summed E-state index contributed by atoms with van der Waals surface area (Å²) in [6.07, 6.45) is 4.78. The molecule has 0 spiro atoms. The van der Waals surface area contributed by atoms with Gasteiger partial charge in [0.15, 0.2) is 0 Å². The summed E-state index contributed by atoms with van der Waals surface area (Å²) in [4.78, 5) is 10.5. The quantitative estimate of drug-likeness (QED) is 0.592. The van der Waals surface area contributed by atoms with E-state index in [-0.39, 0.29) is 5.97 Å². The van der Waals surface area contributed by atoms with Crippen molar-refractivity contribution in [3.8, 4) is 0 Å². The first-order chi connectivity index (χ1) is 5.68. The molecule has 0 saturated heterocycles. The van der Waals surface area contributed by atoms with Gasteiger partial charge in [-0.15, -0.1) is 0 Å². The van der Waals surface area contributed by atoms with Gasteiger partial charge in [0.25, 0.3) is 0 Å². The maximum absolute atomic E-state index is 10.5. The number of esters is 1. The van der Waals surface area contributed by atoms with Crippen molar-refractivity contribution in [1.29, 1.82) is 0 Å². The number of ether oxygens (including phenoxy) is 1. The summed E-state index contributed by atoms with van der Waals surface area (Å²) in [7, 11) is 0. The van der Waals surface area contributed by atoms with Gasteiger partial charge in [0.2, 0.25) is 0 Å². The third-order valence-corrected chi connectivity index (χ3v) is 2.41. The van der Waals surface area contributed by atoms with E-state index in [0.717, 1.165) is 6.42 Å². The topological polar surface area (TPSA) is 26.3 Å². The molecule has 1 fully saturated rings. The van der Waals surface area contributed by atoms with E-state index in [1.807, 2.05) is 0 Å². The van der Waals surface area contributed by atoms with Crippen LogP contribution in [0.5, 0.6) is 0 Å². The second kappa shape index (κ2) is 4.48. The molecular formula is C10H17O2. The average molecular weight is 169 g/mol. The average Bonchev–Trinajstić information content (AvgIpc) is 2.01. The first-order valence-electron chi connectivity index (χ1n) is 4.65. The van der Waals surface area contributed by atoms with Crippen molar-refractivity contribution >= 4 is 5.97 Å². The van der Waals surface area contributed by atoms with Crippen LogP contribution in [0, 0.1) is 18.8 Å². The Hall–Kier alpha value is -0.530. The molecule has 1 rings (SSSR count). The molecule has 2 atom stereocenters. The summed E-state index contributed by atoms with van der Waals surface area (Å²) < 4.78 is 4.96. The standard InChI is InChI=1S/C10H17O2/c1-8-4-3-5-10(6-8)7-12-9(2)11/h8,10H,1,3-7H2,2H3. The maximum atomic E-state index is 10.5. The van der Waals surface area contributed by atoms with Crippen molar-refractivity contribution in [2.75, 3.05) is 6.61 Å². The lowest BCUT2D eigenvalue weighted by Gasteiger charge is -2.25. The van der Waals surface area contributed by atoms with Gasteiger partial charge in [-0.1, -0.05) is 19.8 Å². The number of hydrogen-bond acceptors (Lipinski definition) is 2. The van der Waals surface area contributed by atoms with Gasteiger partial charge in [-0.05, 0) is 24.7 Å². The van der Waals surface area contributed by atoms with E-state index in [2.05, 4.69) is 6.92 Å². The highest BCUT2D eigenvalue weighted by molar-refractivity contribution is 5.65. The smallest absolute Gasteiger partial charge is 0.302 e. The van der Waals surface area contributed by atoms with Gasteiger partial charge in [0.1, 0.15) is 0 Å². The lowest BCUT2D eigenvalue weighted by molar-refractivity contribution is -0.142. The largest absolute Gasteiger partial charge is 0.466 e. The fourth-order valence-corrected chi connectivity index (χ4v) is 1.79. The van der Waals surface area contributed by atoms with Crippen molar-refractivity contribution < 1.29 is 9.53 Å². The van der Waals surface area contributed by atoms with Crippen LogP contribution in [0.1, 0.15) is 32.6 Å². The van der Waals surface area contributed by atoms with Crippen LogP contribution in [-0.4, -0.2) is 12.6 Å². The summed E-state index contributed by atoms with van der Waals surface area (Å²) in [6.45, 7) is 6.10. The molecule has 0 aromatic heterocycles. The second-order valence-corrected chi connectivity index (χ2v) is 3.70. The predicted molar refractivity (Wildman–Crippen MR) is 47.4 cm³/mol. The highest BCUT2D eigenvalue weighted by Crippen LogP contribution is 2.28. The van der Waals surface area contributed by atoms with Crippen LogP contribution >= 0.6 is 0 Å². The molecule has 0 aromatic carbocycles. The van der Waals surface area contributed by atoms with Crippen LogP contribution in [0.3, 0.4) is 0 Å².